The van der Waals surface area contributed by atoms with E-state index in [9.17, 15) is 14.7 Å². The number of benzene rings is 1. The number of carbonyl (C=O) groups excluding carboxylic acids is 2. The molecule has 164 valence electrons. The van der Waals surface area contributed by atoms with Crippen molar-refractivity contribution in [2.24, 2.45) is 11.8 Å². The van der Waals surface area contributed by atoms with E-state index in [-0.39, 0.29) is 23.8 Å². The Kier molecular flexibility index (Phi) is 6.51. The number of nitrogens with one attached hydrogen (secondary N) is 1. The van der Waals surface area contributed by atoms with E-state index in [2.05, 4.69) is 10.3 Å². The minimum Gasteiger partial charge on any atom is -0.497 e. The lowest BCUT2D eigenvalue weighted by Gasteiger charge is -2.35. The molecule has 1 saturated carbocycles. The van der Waals surface area contributed by atoms with E-state index >= 15 is 0 Å². The number of aliphatic hydroxyl groups excluding tert-OH is 1. The molecule has 2 aliphatic rings. The van der Waals surface area contributed by atoms with Gasteiger partial charge in [0.25, 0.3) is 5.91 Å². The van der Waals surface area contributed by atoms with Crippen molar-refractivity contribution in [2.75, 3.05) is 20.2 Å². The third-order valence-electron chi connectivity index (χ3n) is 6.50. The Morgan fingerprint density at radius 1 is 1.19 bits per heavy atom. The first kappa shape index (κ1) is 21.3. The van der Waals surface area contributed by atoms with Gasteiger partial charge in [-0.3, -0.25) is 14.6 Å². The summed E-state index contributed by atoms with van der Waals surface area (Å²) in [5.74, 6) is 1.29. The van der Waals surface area contributed by atoms with Crippen LogP contribution in [0.15, 0.2) is 48.8 Å². The third kappa shape index (κ3) is 5.05. The predicted molar refractivity (Wildman–Crippen MR) is 116 cm³/mol. The molecule has 1 aliphatic carbocycles. The highest BCUT2D eigenvalue weighted by Gasteiger charge is 2.43. The average molecular weight is 424 g/mol. The fourth-order valence-corrected chi connectivity index (χ4v) is 4.78. The summed E-state index contributed by atoms with van der Waals surface area (Å²) in [5.41, 5.74) is 1.57. The number of aryl methyl sites for hydroxylation is 1. The molecule has 0 unspecified atom stereocenters. The Morgan fingerprint density at radius 2 is 2.00 bits per heavy atom. The summed E-state index contributed by atoms with van der Waals surface area (Å²) in [5, 5.41) is 13.5. The predicted octanol–water partition coefficient (Wildman–Crippen LogP) is 2.05. The molecule has 2 amide bonds. The molecule has 2 aromatic rings. The monoisotopic (exact) mass is 423 g/mol. The van der Waals surface area contributed by atoms with Gasteiger partial charge >= 0.3 is 0 Å². The van der Waals surface area contributed by atoms with Gasteiger partial charge in [0.15, 0.2) is 0 Å². The fraction of sp³-hybridized carbons (Fsp3) is 0.458. The molecule has 2 heterocycles. The number of hydrogen-bond acceptors (Lipinski definition) is 5. The van der Waals surface area contributed by atoms with Crippen LogP contribution in [-0.4, -0.2) is 59.1 Å². The molecule has 7 heteroatoms. The van der Waals surface area contributed by atoms with Crippen LogP contribution in [0, 0.1) is 11.8 Å². The van der Waals surface area contributed by atoms with E-state index in [4.69, 9.17) is 4.74 Å². The number of ether oxygens (including phenoxy) is 1. The van der Waals surface area contributed by atoms with E-state index < -0.39 is 6.10 Å². The minimum atomic E-state index is -0.603. The SMILES string of the molecule is COc1cccc(CCC(=O)N2C[C@H]3C[C@H](O)[C@@H](NC(=O)c4cccnc4)C[C@H]3C2)c1. The zero-order valence-corrected chi connectivity index (χ0v) is 17.7. The third-order valence-corrected chi connectivity index (χ3v) is 6.50. The van der Waals surface area contributed by atoms with Gasteiger partial charge in [0, 0.05) is 31.9 Å². The van der Waals surface area contributed by atoms with Gasteiger partial charge in [-0.15, -0.1) is 0 Å². The van der Waals surface area contributed by atoms with Crippen LogP contribution < -0.4 is 10.1 Å². The molecule has 1 aliphatic heterocycles. The Balaban J connectivity index is 1.30. The number of nitrogens with zero attached hydrogens (tertiary/aromatic N) is 2. The second-order valence-corrected chi connectivity index (χ2v) is 8.53. The van der Waals surface area contributed by atoms with Gasteiger partial charge in [-0.25, -0.2) is 0 Å². The lowest BCUT2D eigenvalue weighted by atomic mass is 9.77. The van der Waals surface area contributed by atoms with E-state index in [1.807, 2.05) is 29.2 Å². The normalized spacial score (nSPS) is 25.0. The van der Waals surface area contributed by atoms with Crippen LogP contribution in [0.2, 0.25) is 0 Å². The Morgan fingerprint density at radius 3 is 2.74 bits per heavy atom. The first-order valence-electron chi connectivity index (χ1n) is 10.8. The molecule has 4 rings (SSSR count). The van der Waals surface area contributed by atoms with Gasteiger partial charge in [-0.05, 0) is 60.9 Å². The summed E-state index contributed by atoms with van der Waals surface area (Å²) in [4.78, 5) is 31.1. The second-order valence-electron chi connectivity index (χ2n) is 8.53. The van der Waals surface area contributed by atoms with E-state index in [1.54, 1.807) is 25.4 Å². The molecule has 1 saturated heterocycles. The maximum absolute atomic E-state index is 12.8. The van der Waals surface area contributed by atoms with Crippen molar-refractivity contribution in [1.82, 2.24) is 15.2 Å². The highest BCUT2D eigenvalue weighted by atomic mass is 16.5. The average Bonchev–Trinajstić information content (AvgIpc) is 3.21. The standard InChI is InChI=1S/C24H29N3O4/c1-31-20-6-2-4-16(10-20)7-8-23(29)27-14-18-11-21(22(28)12-19(18)15-27)26-24(30)17-5-3-9-25-13-17/h2-6,9-10,13,18-19,21-22,28H,7-8,11-12,14-15H2,1H3,(H,26,30)/t18-,19+,21-,22-/m0/s1. The molecule has 4 atom stereocenters. The molecular formula is C24H29N3O4. The zero-order valence-electron chi connectivity index (χ0n) is 17.7. The quantitative estimate of drug-likeness (QED) is 0.742. The summed E-state index contributed by atoms with van der Waals surface area (Å²) < 4.78 is 5.25. The maximum Gasteiger partial charge on any atom is 0.253 e. The van der Waals surface area contributed by atoms with Crippen molar-refractivity contribution in [2.45, 2.75) is 37.8 Å². The second kappa shape index (κ2) is 9.47. The Bertz CT molecular complexity index is 920. The number of carbonyl (C=O) groups is 2. The number of aromatic nitrogens is 1. The molecule has 1 aromatic carbocycles. The van der Waals surface area contributed by atoms with Crippen molar-refractivity contribution in [3.05, 3.63) is 59.9 Å². The van der Waals surface area contributed by atoms with E-state index in [1.165, 1.54) is 6.20 Å². The molecule has 1 aromatic heterocycles. The summed E-state index contributed by atoms with van der Waals surface area (Å²) in [6.45, 7) is 1.37. The highest BCUT2D eigenvalue weighted by Crippen LogP contribution is 2.37. The lowest BCUT2D eigenvalue weighted by molar-refractivity contribution is -0.130. The molecule has 2 fully saturated rings. The molecule has 31 heavy (non-hydrogen) atoms. The number of aliphatic hydroxyl groups is 1. The number of rotatable bonds is 6. The van der Waals surface area contributed by atoms with Crippen molar-refractivity contribution in [1.29, 1.82) is 0 Å². The van der Waals surface area contributed by atoms with Gasteiger partial charge in [-0.2, -0.15) is 0 Å². The topological polar surface area (TPSA) is 91.8 Å². The van der Waals surface area contributed by atoms with E-state index in [0.29, 0.717) is 50.3 Å². The largest absolute Gasteiger partial charge is 0.497 e. The van der Waals surface area contributed by atoms with E-state index in [0.717, 1.165) is 11.3 Å². The maximum atomic E-state index is 12.8. The van der Waals surface area contributed by atoms with Gasteiger partial charge in [0.05, 0.1) is 24.8 Å². The van der Waals surface area contributed by atoms with Crippen LogP contribution in [0.4, 0.5) is 0 Å². The van der Waals surface area contributed by atoms with Crippen molar-refractivity contribution < 1.29 is 19.4 Å². The summed E-state index contributed by atoms with van der Waals surface area (Å²) in [6.07, 6.45) is 4.94. The van der Waals surface area contributed by atoms with Crippen LogP contribution in [-0.2, 0) is 11.2 Å². The Hall–Kier alpha value is -2.93. The zero-order chi connectivity index (χ0) is 21.8. The van der Waals surface area contributed by atoms with Crippen LogP contribution in [0.25, 0.3) is 0 Å². The number of methoxy groups -OCH3 is 1. The fourth-order valence-electron chi connectivity index (χ4n) is 4.78. The summed E-state index contributed by atoms with van der Waals surface area (Å²) >= 11 is 0. The van der Waals surface area contributed by atoms with Crippen LogP contribution >= 0.6 is 0 Å². The molecular weight excluding hydrogens is 394 g/mol. The van der Waals surface area contributed by atoms with Crippen molar-refractivity contribution >= 4 is 11.8 Å². The molecule has 2 N–H and O–H groups in total. The molecule has 7 nitrogen and oxygen atoms in total. The van der Waals surface area contributed by atoms with Gasteiger partial charge < -0.3 is 20.1 Å². The van der Waals surface area contributed by atoms with Crippen molar-refractivity contribution in [3.63, 3.8) is 0 Å². The van der Waals surface area contributed by atoms with Crippen molar-refractivity contribution in [3.8, 4) is 5.75 Å². The summed E-state index contributed by atoms with van der Waals surface area (Å²) in [7, 11) is 1.64. The number of likely N-dealkylation sites (tertiary alicyclic amines) is 1. The van der Waals surface area contributed by atoms with Crippen LogP contribution in [0.1, 0.15) is 35.2 Å². The first-order valence-corrected chi connectivity index (χ1v) is 10.8. The molecule has 0 bridgehead atoms. The lowest BCUT2D eigenvalue weighted by Crippen LogP contribution is -2.49. The van der Waals surface area contributed by atoms with Crippen LogP contribution in [0.3, 0.4) is 0 Å². The number of amides is 2. The highest BCUT2D eigenvalue weighted by molar-refractivity contribution is 5.94. The molecule has 0 spiro atoms. The van der Waals surface area contributed by atoms with Crippen LogP contribution in [0.5, 0.6) is 5.75 Å². The summed E-state index contributed by atoms with van der Waals surface area (Å²) in [6, 6.07) is 10.9. The number of pyridine rings is 1. The minimum absolute atomic E-state index is 0.141. The Labute approximate surface area is 182 Å². The van der Waals surface area contributed by atoms with Gasteiger partial charge in [0.2, 0.25) is 5.91 Å². The van der Waals surface area contributed by atoms with Gasteiger partial charge in [-0.1, -0.05) is 12.1 Å². The first-order chi connectivity index (χ1) is 15.0. The number of hydrogen-bond donors (Lipinski definition) is 2. The smallest absolute Gasteiger partial charge is 0.253 e. The number of fused-ring (bicyclic) bond motifs is 1. The molecule has 0 radical (unpaired) electrons. The van der Waals surface area contributed by atoms with Gasteiger partial charge in [0.1, 0.15) is 5.75 Å².